The quantitative estimate of drug-likeness (QED) is 0.521. The van der Waals surface area contributed by atoms with E-state index in [1.807, 2.05) is 0 Å². The molecule has 0 aliphatic rings. The minimum Gasteiger partial charge on any atom is -0.399 e. The Morgan fingerprint density at radius 2 is 1.94 bits per heavy atom. The maximum Gasteiger partial charge on any atom is 0.282 e. The Balaban J connectivity index is 2.58. The summed E-state index contributed by atoms with van der Waals surface area (Å²) in [4.78, 5) is 18.4. The molecule has 2 aromatic rings. The van der Waals surface area contributed by atoms with Gasteiger partial charge in [0.2, 0.25) is 0 Å². The van der Waals surface area contributed by atoms with E-state index in [1.165, 1.54) is 24.5 Å². The van der Waals surface area contributed by atoms with E-state index in [1.54, 1.807) is 6.07 Å². The summed E-state index contributed by atoms with van der Waals surface area (Å²) in [6.07, 6.45) is 3.06. The lowest BCUT2D eigenvalue weighted by Gasteiger charge is -2.02. The molecular formula is C10H7BrN4O2. The molecule has 2 rings (SSSR count). The lowest BCUT2D eigenvalue weighted by molar-refractivity contribution is -0.384. The summed E-state index contributed by atoms with van der Waals surface area (Å²) >= 11 is 3.20. The SMILES string of the molecule is Nc1ccc(-c2ncc(Br)cn2)c([N+](=O)[O-])c1. The highest BCUT2D eigenvalue weighted by atomic mass is 79.9. The predicted molar refractivity (Wildman–Crippen MR) is 66.2 cm³/mol. The van der Waals surface area contributed by atoms with E-state index in [9.17, 15) is 10.1 Å². The van der Waals surface area contributed by atoms with Crippen LogP contribution in [0.4, 0.5) is 11.4 Å². The van der Waals surface area contributed by atoms with Crippen molar-refractivity contribution in [1.29, 1.82) is 0 Å². The standard InChI is InChI=1S/C10H7BrN4O2/c11-6-4-13-10(14-5-6)8-2-1-7(12)3-9(8)15(16)17/h1-5H,12H2. The van der Waals surface area contributed by atoms with Crippen molar-refractivity contribution in [3.05, 3.63) is 45.2 Å². The van der Waals surface area contributed by atoms with Crippen LogP contribution in [0.3, 0.4) is 0 Å². The highest BCUT2D eigenvalue weighted by Gasteiger charge is 2.17. The van der Waals surface area contributed by atoms with Crippen molar-refractivity contribution in [3.8, 4) is 11.4 Å². The van der Waals surface area contributed by atoms with Gasteiger partial charge < -0.3 is 5.73 Å². The molecule has 1 aromatic carbocycles. The van der Waals surface area contributed by atoms with Gasteiger partial charge >= 0.3 is 0 Å². The second-order valence-corrected chi connectivity index (χ2v) is 4.17. The second kappa shape index (κ2) is 4.46. The van der Waals surface area contributed by atoms with E-state index in [0.717, 1.165) is 0 Å². The van der Waals surface area contributed by atoms with Crippen molar-refractivity contribution >= 4 is 27.3 Å². The largest absolute Gasteiger partial charge is 0.399 e. The number of nitrogen functional groups attached to an aromatic ring is 1. The zero-order valence-corrected chi connectivity index (χ0v) is 10.1. The number of nitro groups is 1. The van der Waals surface area contributed by atoms with Crippen molar-refractivity contribution in [2.24, 2.45) is 0 Å². The molecule has 0 bridgehead atoms. The monoisotopic (exact) mass is 294 g/mol. The van der Waals surface area contributed by atoms with Crippen LogP contribution in [0.25, 0.3) is 11.4 Å². The van der Waals surface area contributed by atoms with E-state index in [2.05, 4.69) is 25.9 Å². The van der Waals surface area contributed by atoms with Crippen molar-refractivity contribution in [3.63, 3.8) is 0 Å². The summed E-state index contributed by atoms with van der Waals surface area (Å²) < 4.78 is 0.708. The van der Waals surface area contributed by atoms with Crippen molar-refractivity contribution in [2.45, 2.75) is 0 Å². The Morgan fingerprint density at radius 1 is 1.29 bits per heavy atom. The van der Waals surface area contributed by atoms with Gasteiger partial charge in [-0.2, -0.15) is 0 Å². The maximum atomic E-state index is 10.9. The lowest BCUT2D eigenvalue weighted by atomic mass is 10.1. The van der Waals surface area contributed by atoms with Crippen LogP contribution >= 0.6 is 15.9 Å². The smallest absolute Gasteiger partial charge is 0.282 e. The summed E-state index contributed by atoms with van der Waals surface area (Å²) in [7, 11) is 0. The molecule has 2 N–H and O–H groups in total. The summed E-state index contributed by atoms with van der Waals surface area (Å²) in [6, 6.07) is 4.41. The zero-order chi connectivity index (χ0) is 12.4. The number of rotatable bonds is 2. The zero-order valence-electron chi connectivity index (χ0n) is 8.50. The number of benzene rings is 1. The molecule has 0 spiro atoms. The number of nitro benzene ring substituents is 1. The fraction of sp³-hybridized carbons (Fsp3) is 0. The lowest BCUT2D eigenvalue weighted by Crippen LogP contribution is -1.97. The maximum absolute atomic E-state index is 10.9. The first kappa shape index (κ1) is 11.5. The molecule has 0 unspecified atom stereocenters. The van der Waals surface area contributed by atoms with Crippen LogP contribution in [0.1, 0.15) is 0 Å². The molecule has 6 nitrogen and oxygen atoms in total. The minimum absolute atomic E-state index is 0.104. The Labute approximate surface area is 105 Å². The van der Waals surface area contributed by atoms with Gasteiger partial charge in [-0.25, -0.2) is 9.97 Å². The third-order valence-corrected chi connectivity index (χ3v) is 2.49. The Morgan fingerprint density at radius 3 is 2.53 bits per heavy atom. The van der Waals surface area contributed by atoms with E-state index in [4.69, 9.17) is 5.73 Å². The third kappa shape index (κ3) is 2.39. The molecule has 0 radical (unpaired) electrons. The average Bonchev–Trinajstić information content (AvgIpc) is 2.30. The van der Waals surface area contributed by atoms with E-state index < -0.39 is 4.92 Å². The molecule has 0 aliphatic carbocycles. The normalized spacial score (nSPS) is 10.2. The van der Waals surface area contributed by atoms with E-state index in [0.29, 0.717) is 21.5 Å². The number of hydrogen-bond acceptors (Lipinski definition) is 5. The van der Waals surface area contributed by atoms with Gasteiger partial charge in [0.1, 0.15) is 0 Å². The van der Waals surface area contributed by atoms with E-state index in [-0.39, 0.29) is 5.69 Å². The molecule has 1 heterocycles. The van der Waals surface area contributed by atoms with Crippen LogP contribution in [0.2, 0.25) is 0 Å². The van der Waals surface area contributed by atoms with Gasteiger partial charge in [-0.05, 0) is 28.1 Å². The van der Waals surface area contributed by atoms with Gasteiger partial charge in [0.05, 0.1) is 15.0 Å². The van der Waals surface area contributed by atoms with Gasteiger partial charge in [-0.1, -0.05) is 0 Å². The topological polar surface area (TPSA) is 94.9 Å². The molecule has 17 heavy (non-hydrogen) atoms. The first-order valence-corrected chi connectivity index (χ1v) is 5.39. The number of aromatic nitrogens is 2. The highest BCUT2D eigenvalue weighted by Crippen LogP contribution is 2.29. The fourth-order valence-corrected chi connectivity index (χ4v) is 1.54. The minimum atomic E-state index is -0.503. The first-order valence-electron chi connectivity index (χ1n) is 4.60. The molecule has 0 saturated carbocycles. The molecule has 0 amide bonds. The van der Waals surface area contributed by atoms with Gasteiger partial charge in [-0.15, -0.1) is 0 Å². The summed E-state index contributed by atoms with van der Waals surface area (Å²) in [5.74, 6) is 0.292. The molecule has 0 atom stereocenters. The first-order chi connectivity index (χ1) is 8.08. The van der Waals surface area contributed by atoms with Gasteiger partial charge in [0.25, 0.3) is 5.69 Å². The van der Waals surface area contributed by atoms with Crippen molar-refractivity contribution in [2.75, 3.05) is 5.73 Å². The fourth-order valence-electron chi connectivity index (χ4n) is 1.34. The summed E-state index contributed by atoms with van der Waals surface area (Å²) in [6.45, 7) is 0. The van der Waals surface area contributed by atoms with Gasteiger partial charge in [-0.3, -0.25) is 10.1 Å². The molecule has 0 aliphatic heterocycles. The van der Waals surface area contributed by atoms with E-state index >= 15 is 0 Å². The molecule has 1 aromatic heterocycles. The second-order valence-electron chi connectivity index (χ2n) is 3.26. The van der Waals surface area contributed by atoms with Gasteiger partial charge in [0, 0.05) is 24.1 Å². The predicted octanol–water partition coefficient (Wildman–Crippen LogP) is 2.40. The Hall–Kier alpha value is -2.02. The van der Waals surface area contributed by atoms with Gasteiger partial charge in [0.15, 0.2) is 5.82 Å². The summed E-state index contributed by atoms with van der Waals surface area (Å²) in [5, 5.41) is 10.9. The Bertz CT molecular complexity index is 571. The van der Waals surface area contributed by atoms with Crippen LogP contribution < -0.4 is 5.73 Å². The number of halogens is 1. The van der Waals surface area contributed by atoms with Crippen LogP contribution in [-0.4, -0.2) is 14.9 Å². The average molecular weight is 295 g/mol. The molecule has 0 fully saturated rings. The molecular weight excluding hydrogens is 288 g/mol. The van der Waals surface area contributed by atoms with Crippen molar-refractivity contribution in [1.82, 2.24) is 9.97 Å². The summed E-state index contributed by atoms with van der Waals surface area (Å²) in [5.41, 5.74) is 6.09. The third-order valence-electron chi connectivity index (χ3n) is 2.08. The molecule has 0 saturated heterocycles. The number of hydrogen-bond donors (Lipinski definition) is 1. The highest BCUT2D eigenvalue weighted by molar-refractivity contribution is 9.10. The van der Waals surface area contributed by atoms with Crippen LogP contribution in [0, 0.1) is 10.1 Å². The number of nitrogens with zero attached hydrogens (tertiary/aromatic N) is 3. The van der Waals surface area contributed by atoms with Crippen LogP contribution in [-0.2, 0) is 0 Å². The number of anilines is 1. The molecule has 7 heteroatoms. The Kier molecular flexibility index (Phi) is 3.01. The number of nitrogens with two attached hydrogens (primary N) is 1. The van der Waals surface area contributed by atoms with Crippen LogP contribution in [0.5, 0.6) is 0 Å². The molecule has 86 valence electrons. The van der Waals surface area contributed by atoms with Crippen LogP contribution in [0.15, 0.2) is 35.1 Å². The van der Waals surface area contributed by atoms with Crippen molar-refractivity contribution < 1.29 is 4.92 Å².